The van der Waals surface area contributed by atoms with Gasteiger partial charge in [-0.1, -0.05) is 0 Å². The Bertz CT molecular complexity index is 351. The molecule has 19 heavy (non-hydrogen) atoms. The number of carboxylic acid groups (broad SMARTS) is 1. The maximum Gasteiger partial charge on any atom is 0.321 e. The van der Waals surface area contributed by atoms with Crippen molar-refractivity contribution in [2.75, 3.05) is 20.1 Å². The lowest BCUT2D eigenvalue weighted by molar-refractivity contribution is -0.138. The van der Waals surface area contributed by atoms with Crippen LogP contribution in [0.2, 0.25) is 0 Å². The summed E-state index contributed by atoms with van der Waals surface area (Å²) in [6.07, 6.45) is 1.72. The number of aliphatic carboxylic acids is 1. The van der Waals surface area contributed by atoms with Crippen LogP contribution in [0.5, 0.6) is 0 Å². The Morgan fingerprint density at radius 1 is 1.32 bits per heavy atom. The third-order valence-corrected chi connectivity index (χ3v) is 3.50. The third kappa shape index (κ3) is 4.86. The first-order valence-electron chi connectivity index (χ1n) is 6.42. The second-order valence-electron chi connectivity index (χ2n) is 4.82. The molecular weight excluding hydrogens is 250 g/mol. The number of carbonyl (C=O) groups excluding carboxylic acids is 2. The summed E-state index contributed by atoms with van der Waals surface area (Å²) in [4.78, 5) is 35.4. The highest BCUT2D eigenvalue weighted by molar-refractivity contribution is 5.96. The number of urea groups is 1. The third-order valence-electron chi connectivity index (χ3n) is 3.50. The Labute approximate surface area is 112 Å². The van der Waals surface area contributed by atoms with Crippen LogP contribution >= 0.6 is 0 Å². The Balaban J connectivity index is 2.39. The number of hydrogen-bond donors (Lipinski definition) is 3. The zero-order chi connectivity index (χ0) is 14.4. The second-order valence-corrected chi connectivity index (χ2v) is 4.82. The van der Waals surface area contributed by atoms with E-state index in [1.54, 1.807) is 6.92 Å². The molecule has 0 spiro atoms. The summed E-state index contributed by atoms with van der Waals surface area (Å²) < 4.78 is 0. The molecule has 1 aliphatic heterocycles. The van der Waals surface area contributed by atoms with E-state index < -0.39 is 12.0 Å². The Kier molecular flexibility index (Phi) is 5.75. The molecule has 7 heteroatoms. The maximum absolute atomic E-state index is 11.8. The molecule has 108 valence electrons. The molecule has 1 rings (SSSR count). The molecule has 1 fully saturated rings. The van der Waals surface area contributed by atoms with Gasteiger partial charge in [0.15, 0.2) is 0 Å². The van der Waals surface area contributed by atoms with E-state index in [0.29, 0.717) is 13.1 Å². The predicted octanol–water partition coefficient (Wildman–Crippen LogP) is 0.0172. The van der Waals surface area contributed by atoms with Crippen LogP contribution in [0.4, 0.5) is 4.79 Å². The van der Waals surface area contributed by atoms with Gasteiger partial charge in [0.2, 0.25) is 5.91 Å². The molecule has 0 aromatic heterocycles. The molecule has 0 aromatic carbocycles. The first-order chi connectivity index (χ1) is 8.93. The second kappa shape index (κ2) is 7.08. The van der Waals surface area contributed by atoms with E-state index in [1.165, 1.54) is 7.05 Å². The normalized spacial score (nSPS) is 18.6. The van der Waals surface area contributed by atoms with Crippen LogP contribution in [0.25, 0.3) is 0 Å². The lowest BCUT2D eigenvalue weighted by atomic mass is 9.93. The number of nitrogens with one attached hydrogen (secondary N) is 2. The smallest absolute Gasteiger partial charge is 0.321 e. The van der Waals surface area contributed by atoms with Crippen molar-refractivity contribution in [3.8, 4) is 0 Å². The highest BCUT2D eigenvalue weighted by atomic mass is 16.4. The highest BCUT2D eigenvalue weighted by Gasteiger charge is 2.28. The molecular formula is C12H21N3O4. The van der Waals surface area contributed by atoms with E-state index in [2.05, 4.69) is 10.6 Å². The summed E-state index contributed by atoms with van der Waals surface area (Å²) in [6, 6.07) is -0.902. The van der Waals surface area contributed by atoms with Crippen molar-refractivity contribution < 1.29 is 19.5 Å². The van der Waals surface area contributed by atoms with E-state index in [0.717, 1.165) is 12.8 Å². The standard InChI is InChI=1S/C12H21N3O4/c1-8(11(18)14-12(19)13-2)15-5-3-9(4-6-15)7-10(16)17/h8-9H,3-7H2,1-2H3,(H,16,17)(H2,13,14,18,19). The Morgan fingerprint density at radius 2 is 1.89 bits per heavy atom. The van der Waals surface area contributed by atoms with Crippen LogP contribution in [0.1, 0.15) is 26.2 Å². The quantitative estimate of drug-likeness (QED) is 0.669. The van der Waals surface area contributed by atoms with Crippen molar-refractivity contribution in [3.05, 3.63) is 0 Å². The van der Waals surface area contributed by atoms with Gasteiger partial charge in [0.25, 0.3) is 0 Å². The fourth-order valence-corrected chi connectivity index (χ4v) is 2.24. The average Bonchev–Trinajstić information content (AvgIpc) is 2.37. The predicted molar refractivity (Wildman–Crippen MR) is 68.6 cm³/mol. The molecule has 0 aromatic rings. The molecule has 0 radical (unpaired) electrons. The van der Waals surface area contributed by atoms with Gasteiger partial charge in [-0.3, -0.25) is 19.8 Å². The zero-order valence-electron chi connectivity index (χ0n) is 11.3. The average molecular weight is 271 g/mol. The summed E-state index contributed by atoms with van der Waals surface area (Å²) >= 11 is 0. The molecule has 3 amide bonds. The van der Waals surface area contributed by atoms with Gasteiger partial charge in [-0.15, -0.1) is 0 Å². The zero-order valence-corrected chi connectivity index (χ0v) is 11.3. The van der Waals surface area contributed by atoms with E-state index >= 15 is 0 Å². The van der Waals surface area contributed by atoms with Gasteiger partial charge in [0.1, 0.15) is 0 Å². The van der Waals surface area contributed by atoms with Crippen molar-refractivity contribution >= 4 is 17.9 Å². The van der Waals surface area contributed by atoms with Gasteiger partial charge in [0.05, 0.1) is 6.04 Å². The van der Waals surface area contributed by atoms with Crippen molar-refractivity contribution in [2.24, 2.45) is 5.92 Å². The van der Waals surface area contributed by atoms with Gasteiger partial charge in [-0.2, -0.15) is 0 Å². The van der Waals surface area contributed by atoms with Gasteiger partial charge < -0.3 is 10.4 Å². The number of imide groups is 1. The molecule has 1 saturated heterocycles. The number of nitrogens with zero attached hydrogens (tertiary/aromatic N) is 1. The minimum atomic E-state index is -0.774. The van der Waals surface area contributed by atoms with E-state index in [-0.39, 0.29) is 24.3 Å². The van der Waals surface area contributed by atoms with Crippen molar-refractivity contribution in [1.29, 1.82) is 0 Å². The topological polar surface area (TPSA) is 98.7 Å². The number of amides is 3. The van der Waals surface area contributed by atoms with Crippen LogP contribution in [0, 0.1) is 5.92 Å². The summed E-state index contributed by atoms with van der Waals surface area (Å²) in [7, 11) is 1.45. The molecule has 0 aliphatic carbocycles. The summed E-state index contributed by atoms with van der Waals surface area (Å²) in [5.41, 5.74) is 0. The molecule has 3 N–H and O–H groups in total. The molecule has 1 heterocycles. The first-order valence-corrected chi connectivity index (χ1v) is 6.42. The number of piperidine rings is 1. The van der Waals surface area contributed by atoms with Crippen molar-refractivity contribution in [2.45, 2.75) is 32.2 Å². The molecule has 1 aliphatic rings. The maximum atomic E-state index is 11.8. The van der Waals surface area contributed by atoms with E-state index in [1.807, 2.05) is 4.90 Å². The minimum Gasteiger partial charge on any atom is -0.481 e. The van der Waals surface area contributed by atoms with E-state index in [9.17, 15) is 14.4 Å². The van der Waals surface area contributed by atoms with Crippen LogP contribution in [-0.4, -0.2) is 54.1 Å². The summed E-state index contributed by atoms with van der Waals surface area (Å²) in [5, 5.41) is 13.3. The van der Waals surface area contributed by atoms with Crippen LogP contribution < -0.4 is 10.6 Å². The minimum absolute atomic E-state index is 0.183. The number of carboxylic acids is 1. The fourth-order valence-electron chi connectivity index (χ4n) is 2.24. The molecule has 1 atom stereocenters. The highest BCUT2D eigenvalue weighted by Crippen LogP contribution is 2.21. The van der Waals surface area contributed by atoms with Crippen LogP contribution in [0.3, 0.4) is 0 Å². The van der Waals surface area contributed by atoms with E-state index in [4.69, 9.17) is 5.11 Å². The first kappa shape index (κ1) is 15.4. The molecule has 0 saturated carbocycles. The number of rotatable bonds is 4. The largest absolute Gasteiger partial charge is 0.481 e. The SMILES string of the molecule is CNC(=O)NC(=O)C(C)N1CCC(CC(=O)O)CC1. The van der Waals surface area contributed by atoms with Crippen LogP contribution in [-0.2, 0) is 9.59 Å². The molecule has 1 unspecified atom stereocenters. The fraction of sp³-hybridized carbons (Fsp3) is 0.750. The Morgan fingerprint density at radius 3 is 2.37 bits per heavy atom. The monoisotopic (exact) mass is 271 g/mol. The van der Waals surface area contributed by atoms with Gasteiger partial charge in [0, 0.05) is 13.5 Å². The number of likely N-dealkylation sites (tertiary alicyclic amines) is 1. The van der Waals surface area contributed by atoms with Gasteiger partial charge >= 0.3 is 12.0 Å². The van der Waals surface area contributed by atoms with Crippen molar-refractivity contribution in [3.63, 3.8) is 0 Å². The Hall–Kier alpha value is -1.63. The lowest BCUT2D eigenvalue weighted by Gasteiger charge is -2.34. The number of hydrogen-bond acceptors (Lipinski definition) is 4. The summed E-state index contributed by atoms with van der Waals surface area (Å²) in [6.45, 7) is 3.11. The van der Waals surface area contributed by atoms with Gasteiger partial charge in [-0.05, 0) is 38.8 Å². The molecule has 7 nitrogen and oxygen atoms in total. The number of carbonyl (C=O) groups is 3. The van der Waals surface area contributed by atoms with Crippen LogP contribution in [0.15, 0.2) is 0 Å². The van der Waals surface area contributed by atoms with Crippen molar-refractivity contribution in [1.82, 2.24) is 15.5 Å². The summed E-state index contributed by atoms with van der Waals surface area (Å²) in [5.74, 6) is -0.928. The molecule has 0 bridgehead atoms. The van der Waals surface area contributed by atoms with Gasteiger partial charge in [-0.25, -0.2) is 4.79 Å². The lowest BCUT2D eigenvalue weighted by Crippen LogP contribution is -2.51.